The molecule has 2 saturated carbocycles. The Morgan fingerprint density at radius 2 is 0.700 bits per heavy atom. The Bertz CT molecular complexity index is 4340. The number of anilines is 8. The number of nitrogen functional groups attached to an aromatic ring is 2. The molecule has 0 saturated heterocycles. The first-order valence-electron chi connectivity index (χ1n) is 46.9. The number of ether oxygens (including phenoxy) is 8. The number of carbonyl (C=O) groups is 8. The molecule has 4 atom stereocenters. The first-order chi connectivity index (χ1) is 62.2. The number of carbonyl (C=O) groups excluding carboxylic acids is 8. The largest absolute Gasteiger partial charge is 0.493 e. The molecule has 130 heavy (non-hydrogen) atoms. The summed E-state index contributed by atoms with van der Waals surface area (Å²) in [5.74, 6) is -0.789. The van der Waals surface area contributed by atoms with E-state index in [1.165, 1.54) is 0 Å². The van der Waals surface area contributed by atoms with Crippen molar-refractivity contribution in [3.8, 4) is 23.0 Å². The summed E-state index contributed by atoms with van der Waals surface area (Å²) in [5, 5.41) is 30.6. The van der Waals surface area contributed by atoms with Gasteiger partial charge in [-0.3, -0.25) is 28.8 Å². The van der Waals surface area contributed by atoms with Gasteiger partial charge in [-0.1, -0.05) is 76.9 Å². The number of aromatic nitrogens is 6. The van der Waals surface area contributed by atoms with Gasteiger partial charge in [0, 0.05) is 97.3 Å². The maximum atomic E-state index is 14.9. The summed E-state index contributed by atoms with van der Waals surface area (Å²) in [6.45, 7) is 28.1. The Balaban J connectivity index is 1.08. The van der Waals surface area contributed by atoms with Crippen molar-refractivity contribution in [1.29, 1.82) is 0 Å². The summed E-state index contributed by atoms with van der Waals surface area (Å²) in [5.41, 5.74) is 19.5. The quantitative estimate of drug-likeness (QED) is 0.00958. The van der Waals surface area contributed by atoms with Crippen molar-refractivity contribution in [3.05, 3.63) is 105 Å². The molecule has 2 aromatic heterocycles. The highest BCUT2D eigenvalue weighted by atomic mass is 16.6. The second kappa shape index (κ2) is 51.0. The molecule has 14 N–H and O–H groups in total. The van der Waals surface area contributed by atoms with E-state index in [4.69, 9.17) is 59.3 Å². The van der Waals surface area contributed by atoms with Crippen LogP contribution in [0, 0.1) is 0 Å². The molecule has 34 nitrogen and oxygen atoms in total. The summed E-state index contributed by atoms with van der Waals surface area (Å²) in [6, 6.07) is 15.2. The van der Waals surface area contributed by atoms with Crippen LogP contribution in [0.3, 0.4) is 0 Å². The van der Waals surface area contributed by atoms with E-state index in [1.54, 1.807) is 41.5 Å². The predicted molar refractivity (Wildman–Crippen MR) is 501 cm³/mol. The van der Waals surface area contributed by atoms with E-state index in [0.717, 1.165) is 109 Å². The molecular formula is C96H142N18O16. The maximum Gasteiger partial charge on any atom is 0.407 e. The molecule has 3 aliphatic rings. The number of amides is 6. The first kappa shape index (κ1) is 102. The molecule has 6 amide bonds. The molecule has 6 aromatic rings. The van der Waals surface area contributed by atoms with E-state index in [0.29, 0.717) is 138 Å². The van der Waals surface area contributed by atoms with E-state index in [9.17, 15) is 38.4 Å². The number of rotatable bonds is 46. The lowest BCUT2D eigenvalue weighted by Crippen LogP contribution is -2.52. The zero-order chi connectivity index (χ0) is 93.9. The van der Waals surface area contributed by atoms with Crippen LogP contribution in [0.5, 0.6) is 23.0 Å². The fourth-order valence-corrected chi connectivity index (χ4v) is 15.7. The zero-order valence-corrected chi connectivity index (χ0v) is 78.8. The van der Waals surface area contributed by atoms with Crippen LogP contribution >= 0.6 is 0 Å². The van der Waals surface area contributed by atoms with Gasteiger partial charge < -0.3 is 103 Å². The highest BCUT2D eigenvalue weighted by molar-refractivity contribution is 5.92. The minimum atomic E-state index is -1.13. The molecular weight excluding hydrogens is 1660 g/mol. The number of esters is 2. The Hall–Kier alpha value is -11.7. The highest BCUT2D eigenvalue weighted by Gasteiger charge is 2.33. The fraction of sp³-hybridized carbons (Fsp3) is 0.604. The maximum absolute atomic E-state index is 14.9. The number of nitrogens with zero attached hydrogens (tertiary/aromatic N) is 6. The second-order valence-corrected chi connectivity index (χ2v) is 36.4. The van der Waals surface area contributed by atoms with Crippen molar-refractivity contribution in [1.82, 2.24) is 61.8 Å². The Morgan fingerprint density at radius 1 is 0.392 bits per heavy atom. The van der Waals surface area contributed by atoms with Crippen molar-refractivity contribution < 1.29 is 76.3 Å². The van der Waals surface area contributed by atoms with Gasteiger partial charge in [0.1, 0.15) is 70.6 Å². The molecule has 0 aliphatic heterocycles. The summed E-state index contributed by atoms with van der Waals surface area (Å²) in [4.78, 5) is 138. The summed E-state index contributed by atoms with van der Waals surface area (Å²) >= 11 is 0. The molecule has 3 aliphatic carbocycles. The minimum absolute atomic E-state index is 0.0288. The van der Waals surface area contributed by atoms with Crippen LogP contribution in [0.15, 0.2) is 60.7 Å². The Morgan fingerprint density at radius 3 is 1.01 bits per heavy atom. The van der Waals surface area contributed by atoms with Gasteiger partial charge >= 0.3 is 24.1 Å². The lowest BCUT2D eigenvalue weighted by molar-refractivity contribution is -0.152. The number of benzene rings is 4. The molecule has 2 fully saturated rings. The lowest BCUT2D eigenvalue weighted by atomic mass is 9.90. The Kier molecular flexibility index (Phi) is 40.0. The van der Waals surface area contributed by atoms with Crippen molar-refractivity contribution in [3.63, 3.8) is 0 Å². The number of nitrogens with two attached hydrogens (primary N) is 2. The topological polar surface area (TPSA) is 460 Å². The number of hydrogen-bond acceptors (Lipinski definition) is 28. The van der Waals surface area contributed by atoms with Gasteiger partial charge in [0.05, 0.1) is 26.4 Å². The van der Waals surface area contributed by atoms with Gasteiger partial charge in [-0.05, 0) is 244 Å². The van der Waals surface area contributed by atoms with Crippen molar-refractivity contribution in [2.75, 3.05) is 72.3 Å². The molecule has 4 aromatic carbocycles. The number of nitrogens with one attached hydrogen (secondary N) is 10. The highest BCUT2D eigenvalue weighted by Crippen LogP contribution is 2.43. The number of hydrogen-bond donors (Lipinski definition) is 12. The number of para-hydroxylation sites is 2. The van der Waals surface area contributed by atoms with Crippen LogP contribution in [0.25, 0.3) is 0 Å². The van der Waals surface area contributed by atoms with Gasteiger partial charge in [-0.15, -0.1) is 0 Å². The third-order valence-corrected chi connectivity index (χ3v) is 21.5. The first-order valence-corrected chi connectivity index (χ1v) is 46.9. The van der Waals surface area contributed by atoms with Gasteiger partial charge in [-0.2, -0.15) is 29.9 Å². The number of unbranched alkanes of at least 4 members (excludes halogenated alkanes) is 2. The molecule has 0 unspecified atom stereocenters. The van der Waals surface area contributed by atoms with E-state index in [2.05, 4.69) is 101 Å². The molecule has 34 heteroatoms. The second-order valence-electron chi connectivity index (χ2n) is 36.4. The standard InChI is InChI=1S/C96H142N18O16/c1-15-47-123-79-61-31-29-32-62(79)52-66-56-70(104-90-110-88(98)112-92(114-90)108-74(40-26-28-46-100-94(122)130-96(12,13)14)86(120)106-76(84(118)102-60(7)8)42-44-78(116)128-72-37-23-20-24-38-72)58-68(82(66)126-50-18-4)54-64-34-30-33-63(80(64)124-48-16-2)53-67-57-69(55-65(51-61)81(67)125-49-17-3)103-89-109-87(97)111-91(113-89)107-73(39-25-27-45-99-93(121)129-95(9,10)11)85(119)105-75(83(117)101-59(5)6)41-43-77(115)127-71-35-21-19-22-36-71/h29-34,55-60,71-76H,15-28,35-54H2,1-14H3,(H,99,121)(H,100,122)(H,101,117)(H,102,118)(H,105,119)(H,106,120)(H4,97,103,107,109,111,113)(H4,98,104,108,110,112,114)/t73-,74-,75-,76-/m0/s1. The number of alkyl carbamates (subject to hydrolysis) is 2. The monoisotopic (exact) mass is 1800 g/mol. The van der Waals surface area contributed by atoms with E-state index >= 15 is 0 Å². The third-order valence-electron chi connectivity index (χ3n) is 21.5. The van der Waals surface area contributed by atoms with Crippen LogP contribution in [-0.2, 0) is 73.4 Å². The van der Waals surface area contributed by atoms with Crippen LogP contribution in [0.4, 0.5) is 56.7 Å². The average molecular weight is 1800 g/mol. The fourth-order valence-electron chi connectivity index (χ4n) is 15.7. The van der Waals surface area contributed by atoms with Gasteiger partial charge in [0.25, 0.3) is 0 Å². The smallest absolute Gasteiger partial charge is 0.407 e. The molecule has 0 spiro atoms. The van der Waals surface area contributed by atoms with Crippen LogP contribution in [-0.4, -0.2) is 177 Å². The average Bonchev–Trinajstić information content (AvgIpc) is 0.773. The Labute approximate surface area is 765 Å². The van der Waals surface area contributed by atoms with Gasteiger partial charge in [0.2, 0.25) is 59.3 Å². The SMILES string of the molecule is CCCOc1c2cccc1Cc1cc(Nc3nc(N)nc(N[C@@H](CCCCNC(=O)OC(C)(C)C)C(=O)N[C@@H](CCC(=O)OC4CCCCC4)C(=O)NC(C)C)n3)cc(c1OCCC)Cc1cccc(c1OCCC)Cc1cc(Nc3nc(N)nc(N[C@@H](CCCCNC(=O)OC(C)(C)C)C(=O)N[C@@H](CCC(=O)OC4CCCCC4)C(=O)NC(C)C)n3)cc(c1OCCC)C2. The third kappa shape index (κ3) is 34.3. The summed E-state index contributed by atoms with van der Waals surface area (Å²) in [6.07, 6.45) is 13.3. The van der Waals surface area contributed by atoms with Crippen molar-refractivity contribution in [2.24, 2.45) is 0 Å². The lowest BCUT2D eigenvalue weighted by Gasteiger charge is -2.25. The summed E-state index contributed by atoms with van der Waals surface area (Å²) in [7, 11) is 0. The van der Waals surface area contributed by atoms with E-state index < -0.39 is 83.1 Å². The van der Waals surface area contributed by atoms with Gasteiger partial charge in [0.15, 0.2) is 0 Å². The molecule has 9 rings (SSSR count). The van der Waals surface area contributed by atoms with Crippen LogP contribution < -0.4 is 83.6 Å². The van der Waals surface area contributed by atoms with Crippen LogP contribution in [0.2, 0.25) is 0 Å². The normalized spacial score (nSPS) is 14.5. The van der Waals surface area contributed by atoms with Crippen molar-refractivity contribution >= 4 is 94.8 Å². The predicted octanol–water partition coefficient (Wildman–Crippen LogP) is 14.8. The summed E-state index contributed by atoms with van der Waals surface area (Å²) < 4.78 is 50.4. The minimum Gasteiger partial charge on any atom is -0.493 e. The van der Waals surface area contributed by atoms with Gasteiger partial charge in [-0.25, -0.2) is 9.59 Å². The van der Waals surface area contributed by atoms with E-state index in [-0.39, 0.29) is 112 Å². The molecule has 0 radical (unpaired) electrons. The van der Waals surface area contributed by atoms with E-state index in [1.807, 2.05) is 88.4 Å². The molecule has 8 bridgehead atoms. The van der Waals surface area contributed by atoms with Crippen molar-refractivity contribution in [2.45, 2.75) is 336 Å². The molecule has 2 heterocycles. The molecule has 712 valence electrons. The number of fused-ring (bicyclic) bond motifs is 8. The van der Waals surface area contributed by atoms with Crippen LogP contribution in [0.1, 0.15) is 296 Å². The zero-order valence-electron chi connectivity index (χ0n) is 78.8.